The molecule has 6 heterocycles. The third-order valence-corrected chi connectivity index (χ3v) is 14.7. The van der Waals surface area contributed by atoms with E-state index in [2.05, 4.69) is 38.2 Å². The molecule has 7 aliphatic rings. The van der Waals surface area contributed by atoms with Crippen LogP contribution in [-0.2, 0) is 61.8 Å². The van der Waals surface area contributed by atoms with Gasteiger partial charge in [0, 0.05) is 58.7 Å². The molecule has 0 saturated carbocycles. The van der Waals surface area contributed by atoms with Crippen LogP contribution in [0, 0.1) is 23.7 Å². The number of carbonyl (C=O) groups is 3. The van der Waals surface area contributed by atoms with E-state index in [1.165, 1.54) is 13.0 Å². The Morgan fingerprint density at radius 1 is 0.938 bits per heavy atom. The van der Waals surface area contributed by atoms with Crippen molar-refractivity contribution in [2.24, 2.45) is 23.7 Å². The second-order valence-corrected chi connectivity index (χ2v) is 19.5. The zero-order valence-corrected chi connectivity index (χ0v) is 40.1. The van der Waals surface area contributed by atoms with Crippen LogP contribution >= 0.6 is 0 Å². The van der Waals surface area contributed by atoms with E-state index in [1.54, 1.807) is 27.2 Å². The van der Waals surface area contributed by atoms with Gasteiger partial charge in [0.05, 0.1) is 55.4 Å². The number of rotatable bonds is 9. The van der Waals surface area contributed by atoms with Gasteiger partial charge in [-0.25, -0.2) is 0 Å². The lowest BCUT2D eigenvalue weighted by molar-refractivity contribution is -0.311. The van der Waals surface area contributed by atoms with Crippen LogP contribution in [0.25, 0.3) is 0 Å². The summed E-state index contributed by atoms with van der Waals surface area (Å²) in [5.74, 6) is -3.27. The van der Waals surface area contributed by atoms with Gasteiger partial charge in [-0.1, -0.05) is 70.6 Å². The number of ketones is 1. The first-order valence-corrected chi connectivity index (χ1v) is 23.7. The number of aliphatic hydroxyl groups is 1. The Bertz CT molecular complexity index is 1890. The number of methoxy groups -OCH3 is 2. The predicted octanol–water partition coefficient (Wildman–Crippen LogP) is 5.73. The van der Waals surface area contributed by atoms with Crippen LogP contribution in [0.1, 0.15) is 101 Å². The van der Waals surface area contributed by atoms with Gasteiger partial charge >= 0.3 is 5.97 Å². The molecular formula is C50H73NO14. The molecule has 4 saturated heterocycles. The van der Waals surface area contributed by atoms with Gasteiger partial charge in [0.15, 0.2) is 30.3 Å². The summed E-state index contributed by atoms with van der Waals surface area (Å²) in [7, 11) is 3.26. The molecular weight excluding hydrogens is 839 g/mol. The Labute approximate surface area is 384 Å². The lowest BCUT2D eigenvalue weighted by atomic mass is 9.71. The van der Waals surface area contributed by atoms with Crippen molar-refractivity contribution in [3.63, 3.8) is 0 Å². The first-order valence-electron chi connectivity index (χ1n) is 23.7. The van der Waals surface area contributed by atoms with Gasteiger partial charge in [0.1, 0.15) is 23.7 Å². The molecule has 0 aromatic rings. The molecule has 1 spiro atoms. The fraction of sp³-hybridized carbons (Fsp3) is 0.740. The summed E-state index contributed by atoms with van der Waals surface area (Å²) in [6.45, 7) is 17.4. The van der Waals surface area contributed by atoms with E-state index in [-0.39, 0.29) is 66.8 Å². The fourth-order valence-electron chi connectivity index (χ4n) is 10.9. The fourth-order valence-corrected chi connectivity index (χ4v) is 10.9. The molecule has 362 valence electrons. The SMILES string of the molecule is CC[C@H](C)[C@H]1O[C@]2(C=C[C@@H]1C)C[C@@H]1C[C@@H](C/C=C(/C)[C@@H](O[C@H]3C[C@H](OC)[C@@H](O[C@H]4C[C@H](OC)[C@H](NC(C)=O)[C@H](C)O4)[C@H](C)O3)[C@@H](C)/C=C\C=C3CO[C@@H]4C(=O)C(C)=C[C@@H](C(=O)O1)[C@]34O)O2. The molecule has 1 aliphatic carbocycles. The molecule has 0 radical (unpaired) electrons. The lowest BCUT2D eigenvalue weighted by Gasteiger charge is -2.48. The van der Waals surface area contributed by atoms with Crippen molar-refractivity contribution in [3.8, 4) is 0 Å². The molecule has 0 aromatic heterocycles. The highest BCUT2D eigenvalue weighted by atomic mass is 16.7. The Balaban J connectivity index is 1.16. The summed E-state index contributed by atoms with van der Waals surface area (Å²) in [6, 6.07) is -0.318. The average Bonchev–Trinajstić information content (AvgIpc) is 3.61. The Morgan fingerprint density at radius 2 is 1.65 bits per heavy atom. The van der Waals surface area contributed by atoms with Crippen molar-refractivity contribution >= 4 is 17.7 Å². The minimum absolute atomic E-state index is 0.0338. The monoisotopic (exact) mass is 912 g/mol. The average molecular weight is 912 g/mol. The Morgan fingerprint density at radius 3 is 2.35 bits per heavy atom. The third-order valence-electron chi connectivity index (χ3n) is 14.7. The maximum Gasteiger partial charge on any atom is 0.316 e. The van der Waals surface area contributed by atoms with Crippen LogP contribution < -0.4 is 5.32 Å². The second kappa shape index (κ2) is 20.6. The molecule has 0 aromatic carbocycles. The molecule has 15 nitrogen and oxygen atoms in total. The first-order chi connectivity index (χ1) is 30.9. The van der Waals surface area contributed by atoms with Gasteiger partial charge in [0.2, 0.25) is 5.91 Å². The molecule has 15 heteroatoms. The number of ether oxygens (including phenoxy) is 10. The predicted molar refractivity (Wildman–Crippen MR) is 238 cm³/mol. The summed E-state index contributed by atoms with van der Waals surface area (Å²) < 4.78 is 64.2. The maximum absolute atomic E-state index is 14.3. The highest BCUT2D eigenvalue weighted by Crippen LogP contribution is 2.46. The molecule has 7 rings (SSSR count). The Kier molecular flexibility index (Phi) is 15.8. The van der Waals surface area contributed by atoms with Gasteiger partial charge in [-0.05, 0) is 62.8 Å². The number of allylic oxidation sites excluding steroid dienone is 2. The normalized spacial score (nSPS) is 45.4. The largest absolute Gasteiger partial charge is 0.462 e. The molecule has 4 fully saturated rings. The molecule has 1 amide bonds. The standard InChI is InChI=1S/C50H73NO14/c1-12-26(2)45-29(5)18-19-49(65-45)24-36-21-35(64-49)17-16-28(4)44(27(3)14-13-15-34-25-58-47-43(53)30(6)20-37(48(54)61-36)50(34,47)55)62-41-23-39(57-11)46(32(8)60-41)63-40-22-38(56-10)42(31(7)59-40)51-33(9)52/h13-16,18-20,26-27,29,31-32,35-42,44-47,55H,12,17,21-25H2,1-11H3,(H,51,52)/b14-13-,28-16-,34-15?/t26-,27-,29-,31-,32-,35+,36-,37-,38-,39-,40-,41-,42+,44-,45+,46-,47+,49+,50+/m0/s1. The maximum atomic E-state index is 14.3. The zero-order valence-electron chi connectivity index (χ0n) is 40.1. The van der Waals surface area contributed by atoms with E-state index in [0.29, 0.717) is 36.8 Å². The van der Waals surface area contributed by atoms with Crippen molar-refractivity contribution in [1.29, 1.82) is 0 Å². The van der Waals surface area contributed by atoms with E-state index in [9.17, 15) is 19.5 Å². The number of fused-ring (bicyclic) bond motifs is 2. The number of amides is 1. The van der Waals surface area contributed by atoms with Crippen molar-refractivity contribution in [2.45, 2.75) is 192 Å². The Hall–Kier alpha value is -3.09. The van der Waals surface area contributed by atoms with Gasteiger partial charge in [0.25, 0.3) is 0 Å². The van der Waals surface area contributed by atoms with Crippen LogP contribution in [0.3, 0.4) is 0 Å². The lowest BCUT2D eigenvalue weighted by Crippen LogP contribution is -2.58. The van der Waals surface area contributed by atoms with Crippen LogP contribution in [0.4, 0.5) is 0 Å². The van der Waals surface area contributed by atoms with Gasteiger partial charge < -0.3 is 57.8 Å². The molecule has 65 heavy (non-hydrogen) atoms. The van der Waals surface area contributed by atoms with Crippen molar-refractivity contribution in [1.82, 2.24) is 5.32 Å². The second-order valence-electron chi connectivity index (χ2n) is 19.5. The van der Waals surface area contributed by atoms with Crippen LogP contribution in [0.2, 0.25) is 0 Å². The van der Waals surface area contributed by atoms with Gasteiger partial charge in [-0.15, -0.1) is 0 Å². The van der Waals surface area contributed by atoms with E-state index in [4.69, 9.17) is 47.4 Å². The smallest absolute Gasteiger partial charge is 0.316 e. The molecule has 6 aliphatic heterocycles. The summed E-state index contributed by atoms with van der Waals surface area (Å²) >= 11 is 0. The highest BCUT2D eigenvalue weighted by Gasteiger charge is 2.60. The topological polar surface area (TPSA) is 176 Å². The minimum Gasteiger partial charge on any atom is -0.462 e. The van der Waals surface area contributed by atoms with E-state index < -0.39 is 78.6 Å². The number of esters is 1. The van der Waals surface area contributed by atoms with Crippen LogP contribution in [0.5, 0.6) is 0 Å². The highest BCUT2D eigenvalue weighted by molar-refractivity contribution is 6.03. The summed E-state index contributed by atoms with van der Waals surface area (Å²) in [5.41, 5.74) is -0.250. The summed E-state index contributed by atoms with van der Waals surface area (Å²) in [6.07, 6.45) is 9.98. The molecule has 19 atom stereocenters. The third kappa shape index (κ3) is 10.5. The van der Waals surface area contributed by atoms with Gasteiger partial charge in [-0.2, -0.15) is 0 Å². The van der Waals surface area contributed by atoms with Gasteiger partial charge in [-0.3, -0.25) is 14.4 Å². The number of hydrogen-bond donors (Lipinski definition) is 2. The van der Waals surface area contributed by atoms with E-state index >= 15 is 0 Å². The molecule has 2 N–H and O–H groups in total. The number of hydrogen-bond acceptors (Lipinski definition) is 14. The molecule has 2 bridgehead atoms. The van der Waals surface area contributed by atoms with Crippen molar-refractivity contribution in [2.75, 3.05) is 20.8 Å². The summed E-state index contributed by atoms with van der Waals surface area (Å²) in [4.78, 5) is 39.7. The first kappa shape index (κ1) is 49.8. The van der Waals surface area contributed by atoms with E-state index in [1.807, 2.05) is 45.9 Å². The van der Waals surface area contributed by atoms with E-state index in [0.717, 1.165) is 12.0 Å². The van der Waals surface area contributed by atoms with Crippen molar-refractivity contribution < 1.29 is 66.9 Å². The minimum atomic E-state index is -1.94. The quantitative estimate of drug-likeness (QED) is 0.212. The van der Waals surface area contributed by atoms with Crippen LogP contribution in [-0.4, -0.2) is 135 Å². The number of nitrogens with one attached hydrogen (secondary N) is 1. The molecule has 0 unspecified atom stereocenters. The number of carbonyl (C=O) groups excluding carboxylic acids is 3. The van der Waals surface area contributed by atoms with Crippen LogP contribution in [0.15, 0.2) is 59.3 Å². The van der Waals surface area contributed by atoms with Crippen molar-refractivity contribution in [3.05, 3.63) is 59.3 Å². The number of Topliss-reactive ketones (excluding diaryl/α,β-unsaturated/α-hetero) is 1. The zero-order chi connectivity index (χ0) is 47.0. The summed E-state index contributed by atoms with van der Waals surface area (Å²) in [5, 5.41) is 15.4.